The first-order valence-electron chi connectivity index (χ1n) is 14.7. The maximum atomic E-state index is 14.4. The zero-order valence-electron chi connectivity index (χ0n) is 25.6. The quantitative estimate of drug-likeness (QED) is 0.196. The molecule has 0 aromatic heterocycles. The Labute approximate surface area is 264 Å². The van der Waals surface area contributed by atoms with Gasteiger partial charge in [0.05, 0.1) is 17.7 Å². The summed E-state index contributed by atoms with van der Waals surface area (Å²) in [7, 11) is -2.75. The topological polar surface area (TPSA) is 96.0 Å². The van der Waals surface area contributed by atoms with Crippen molar-refractivity contribution >= 4 is 27.5 Å². The van der Waals surface area contributed by atoms with Gasteiger partial charge in [-0.2, -0.15) is 0 Å². The van der Waals surface area contributed by atoms with E-state index >= 15 is 0 Å². The van der Waals surface area contributed by atoms with Crippen LogP contribution in [-0.4, -0.2) is 50.9 Å². The molecule has 4 aromatic rings. The van der Waals surface area contributed by atoms with E-state index in [9.17, 15) is 22.4 Å². The number of hydrogen-bond donors (Lipinski definition) is 1. The summed E-state index contributed by atoms with van der Waals surface area (Å²) in [6.45, 7) is 3.19. The van der Waals surface area contributed by atoms with E-state index in [2.05, 4.69) is 5.32 Å². The molecule has 8 nitrogen and oxygen atoms in total. The van der Waals surface area contributed by atoms with E-state index in [0.29, 0.717) is 17.7 Å². The number of nitrogens with one attached hydrogen (secondary N) is 1. The molecule has 0 unspecified atom stereocenters. The van der Waals surface area contributed by atoms with Gasteiger partial charge in [-0.1, -0.05) is 67.6 Å². The van der Waals surface area contributed by atoms with Gasteiger partial charge >= 0.3 is 0 Å². The Bertz CT molecular complexity index is 1650. The Morgan fingerprint density at radius 1 is 0.844 bits per heavy atom. The van der Waals surface area contributed by atoms with Crippen LogP contribution in [0.25, 0.3) is 0 Å². The Morgan fingerprint density at radius 3 is 2.02 bits per heavy atom. The van der Waals surface area contributed by atoms with E-state index in [1.54, 1.807) is 42.5 Å². The molecule has 4 rings (SSSR count). The molecule has 0 aliphatic rings. The van der Waals surface area contributed by atoms with Crippen molar-refractivity contribution in [1.82, 2.24) is 10.2 Å². The van der Waals surface area contributed by atoms with Crippen LogP contribution in [0.5, 0.6) is 5.75 Å². The zero-order valence-corrected chi connectivity index (χ0v) is 26.4. The van der Waals surface area contributed by atoms with Gasteiger partial charge in [-0.05, 0) is 73.0 Å². The molecule has 0 saturated carbocycles. The minimum atomic E-state index is -4.23. The second kappa shape index (κ2) is 15.3. The Morgan fingerprint density at radius 2 is 1.44 bits per heavy atom. The van der Waals surface area contributed by atoms with Crippen molar-refractivity contribution in [3.63, 3.8) is 0 Å². The molecule has 0 fully saturated rings. The van der Waals surface area contributed by atoms with E-state index in [4.69, 9.17) is 4.74 Å². The van der Waals surface area contributed by atoms with Gasteiger partial charge in [0.15, 0.2) is 0 Å². The number of ether oxygens (including phenoxy) is 1. The van der Waals surface area contributed by atoms with Gasteiger partial charge in [-0.25, -0.2) is 12.8 Å². The minimum absolute atomic E-state index is 0.0274. The molecule has 2 amide bonds. The van der Waals surface area contributed by atoms with Crippen molar-refractivity contribution in [3.8, 4) is 5.75 Å². The van der Waals surface area contributed by atoms with Gasteiger partial charge in [0, 0.05) is 19.0 Å². The van der Waals surface area contributed by atoms with E-state index in [0.717, 1.165) is 9.87 Å². The molecule has 0 spiro atoms. The summed E-state index contributed by atoms with van der Waals surface area (Å²) in [5, 5.41) is 3.00. The van der Waals surface area contributed by atoms with Gasteiger partial charge in [-0.3, -0.25) is 13.9 Å². The predicted octanol–water partition coefficient (Wildman–Crippen LogP) is 5.58. The van der Waals surface area contributed by atoms with Crippen molar-refractivity contribution in [2.24, 2.45) is 0 Å². The normalized spacial score (nSPS) is 12.5. The van der Waals surface area contributed by atoms with Gasteiger partial charge < -0.3 is 15.0 Å². The second-order valence-electron chi connectivity index (χ2n) is 10.7. The van der Waals surface area contributed by atoms with Crippen LogP contribution in [0.1, 0.15) is 31.4 Å². The van der Waals surface area contributed by atoms with E-state index in [1.807, 2.05) is 44.2 Å². The van der Waals surface area contributed by atoms with E-state index in [-0.39, 0.29) is 35.5 Å². The number of rotatable bonds is 14. The highest BCUT2D eigenvalue weighted by Gasteiger charge is 2.35. The number of carbonyl (C=O) groups is 2. The number of halogens is 1. The molecule has 1 N–H and O–H groups in total. The third-order valence-electron chi connectivity index (χ3n) is 7.51. The van der Waals surface area contributed by atoms with Crippen LogP contribution < -0.4 is 14.4 Å². The number of amides is 2. The minimum Gasteiger partial charge on any atom is -0.497 e. The summed E-state index contributed by atoms with van der Waals surface area (Å²) < 4.78 is 48.2. The lowest BCUT2D eigenvalue weighted by atomic mass is 10.0. The van der Waals surface area contributed by atoms with Crippen molar-refractivity contribution in [2.45, 2.75) is 50.2 Å². The van der Waals surface area contributed by atoms with Gasteiger partial charge in [0.25, 0.3) is 10.0 Å². The number of hydrogen-bond acceptors (Lipinski definition) is 5. The first kappa shape index (κ1) is 33.2. The number of methoxy groups -OCH3 is 1. The van der Waals surface area contributed by atoms with Crippen LogP contribution in [0.3, 0.4) is 0 Å². The molecule has 0 bridgehead atoms. The first-order valence-corrected chi connectivity index (χ1v) is 16.2. The van der Waals surface area contributed by atoms with Crippen LogP contribution in [0.4, 0.5) is 10.1 Å². The Kier molecular flexibility index (Phi) is 11.3. The molecule has 4 aromatic carbocycles. The maximum absolute atomic E-state index is 14.4. The molecule has 0 heterocycles. The molecule has 236 valence electrons. The predicted molar refractivity (Wildman–Crippen MR) is 173 cm³/mol. The van der Waals surface area contributed by atoms with Crippen LogP contribution in [0.15, 0.2) is 114 Å². The number of carbonyl (C=O) groups excluding carboxylic acids is 2. The lowest BCUT2D eigenvalue weighted by molar-refractivity contribution is -0.140. The summed E-state index contributed by atoms with van der Waals surface area (Å²) in [6, 6.07) is 28.1. The lowest BCUT2D eigenvalue weighted by Crippen LogP contribution is -2.54. The van der Waals surface area contributed by atoms with Gasteiger partial charge in [0.2, 0.25) is 11.8 Å². The van der Waals surface area contributed by atoms with Crippen molar-refractivity contribution in [3.05, 3.63) is 126 Å². The number of nitrogens with zero attached hydrogens (tertiary/aromatic N) is 2. The monoisotopic (exact) mass is 631 g/mol. The molecular weight excluding hydrogens is 593 g/mol. The highest BCUT2D eigenvalue weighted by atomic mass is 32.2. The number of sulfonamides is 1. The molecule has 0 aliphatic heterocycles. The summed E-state index contributed by atoms with van der Waals surface area (Å²) in [4.78, 5) is 29.6. The molecule has 0 aliphatic carbocycles. The summed E-state index contributed by atoms with van der Waals surface area (Å²) in [5.41, 5.74) is 1.69. The maximum Gasteiger partial charge on any atom is 0.264 e. The summed E-state index contributed by atoms with van der Waals surface area (Å²) in [5.74, 6) is -0.918. The SMILES string of the molecule is CC[C@H](C)NC(=O)[C@@H](Cc1ccccc1)N(Cc1ccc(F)cc1)C(=O)CN(c1ccccc1)S(=O)(=O)c1ccc(OC)cc1. The first-order chi connectivity index (χ1) is 21.6. The molecule has 0 saturated heterocycles. The van der Waals surface area contributed by atoms with Crippen LogP contribution in [-0.2, 0) is 32.6 Å². The zero-order chi connectivity index (χ0) is 32.4. The van der Waals surface area contributed by atoms with Gasteiger partial charge in [-0.15, -0.1) is 0 Å². The van der Waals surface area contributed by atoms with Crippen molar-refractivity contribution < 1.29 is 27.1 Å². The van der Waals surface area contributed by atoms with Gasteiger partial charge in [0.1, 0.15) is 24.2 Å². The average molecular weight is 632 g/mol. The van der Waals surface area contributed by atoms with Crippen molar-refractivity contribution in [1.29, 1.82) is 0 Å². The highest BCUT2D eigenvalue weighted by Crippen LogP contribution is 2.26. The summed E-state index contributed by atoms with van der Waals surface area (Å²) in [6.07, 6.45) is 0.865. The van der Waals surface area contributed by atoms with Crippen LogP contribution in [0.2, 0.25) is 0 Å². The van der Waals surface area contributed by atoms with Crippen LogP contribution in [0, 0.1) is 5.82 Å². The third-order valence-corrected chi connectivity index (χ3v) is 9.30. The number of benzene rings is 4. The number of para-hydroxylation sites is 1. The van der Waals surface area contributed by atoms with E-state index in [1.165, 1.54) is 48.4 Å². The standard InChI is InChI=1S/C35H38FN3O5S/c1-4-26(2)37-35(41)33(23-27-11-7-5-8-12-27)38(24-28-15-17-29(36)18-16-28)34(40)25-39(30-13-9-6-10-14-30)45(42,43)32-21-19-31(44-3)20-22-32/h5-22,26,33H,4,23-25H2,1-3H3,(H,37,41)/t26-,33+/m0/s1. The molecule has 10 heteroatoms. The third kappa shape index (κ3) is 8.69. The Balaban J connectivity index is 1.78. The molecule has 2 atom stereocenters. The largest absolute Gasteiger partial charge is 0.497 e. The Hall–Kier alpha value is -4.70. The van der Waals surface area contributed by atoms with Crippen molar-refractivity contribution in [2.75, 3.05) is 18.0 Å². The fraction of sp³-hybridized carbons (Fsp3) is 0.257. The lowest BCUT2D eigenvalue weighted by Gasteiger charge is -2.34. The fourth-order valence-corrected chi connectivity index (χ4v) is 6.19. The second-order valence-corrected chi connectivity index (χ2v) is 12.6. The number of anilines is 1. The average Bonchev–Trinajstić information content (AvgIpc) is 3.06. The molecule has 45 heavy (non-hydrogen) atoms. The van der Waals surface area contributed by atoms with E-state index < -0.39 is 34.3 Å². The molecular formula is C35H38FN3O5S. The smallest absolute Gasteiger partial charge is 0.264 e. The molecule has 0 radical (unpaired) electrons. The fourth-order valence-electron chi connectivity index (χ4n) is 4.78. The highest BCUT2D eigenvalue weighted by molar-refractivity contribution is 7.92. The summed E-state index contributed by atoms with van der Waals surface area (Å²) >= 11 is 0. The van der Waals surface area contributed by atoms with Crippen LogP contribution >= 0.6 is 0 Å².